The number of anilines is 1. The molecule has 8 nitrogen and oxygen atoms in total. The van der Waals surface area contributed by atoms with Crippen molar-refractivity contribution in [1.82, 2.24) is 30.0 Å². The Morgan fingerprint density at radius 3 is 2.43 bits per heavy atom. The van der Waals surface area contributed by atoms with E-state index in [-0.39, 0.29) is 31.0 Å². The highest BCUT2D eigenvalue weighted by atomic mass is 19.4. The molecule has 0 radical (unpaired) electrons. The number of carbonyl (C=O) groups excluding carboxylic acids is 1. The number of nitrogens with one attached hydrogen (secondary N) is 1. The van der Waals surface area contributed by atoms with Crippen LogP contribution in [0.15, 0.2) is 24.7 Å². The Hall–Kier alpha value is -2.85. The topological polar surface area (TPSA) is 81.2 Å². The van der Waals surface area contributed by atoms with Crippen molar-refractivity contribution in [3.8, 4) is 0 Å². The van der Waals surface area contributed by atoms with Crippen molar-refractivity contribution in [2.45, 2.75) is 24.4 Å². The number of hydrogen-bond acceptors (Lipinski definition) is 5. The SMILES string of the molecule is O=C(N1CC(c2ccc(N3CC(C(F)(F)F)C3)nc2)C1)N1CC[C@H](c2ncn[nH]2)C1. The van der Waals surface area contributed by atoms with Gasteiger partial charge in [-0.3, -0.25) is 5.10 Å². The van der Waals surface area contributed by atoms with Gasteiger partial charge in [0.1, 0.15) is 18.0 Å². The molecular weight excluding hydrogens is 399 g/mol. The minimum Gasteiger partial charge on any atom is -0.355 e. The summed E-state index contributed by atoms with van der Waals surface area (Å²) in [5, 5.41) is 6.75. The Morgan fingerprint density at radius 2 is 1.80 bits per heavy atom. The highest BCUT2D eigenvalue weighted by Gasteiger charge is 2.47. The van der Waals surface area contributed by atoms with Crippen LogP contribution in [-0.2, 0) is 0 Å². The number of aromatic nitrogens is 4. The van der Waals surface area contributed by atoms with Crippen molar-refractivity contribution in [3.63, 3.8) is 0 Å². The van der Waals surface area contributed by atoms with Gasteiger partial charge in [0.05, 0.1) is 5.92 Å². The third-order valence-electron chi connectivity index (χ3n) is 6.34. The maximum Gasteiger partial charge on any atom is 0.395 e. The predicted octanol–water partition coefficient (Wildman–Crippen LogP) is 2.21. The summed E-state index contributed by atoms with van der Waals surface area (Å²) in [5.41, 5.74) is 1.01. The van der Waals surface area contributed by atoms with E-state index in [1.54, 1.807) is 17.2 Å². The minimum atomic E-state index is -4.14. The number of rotatable bonds is 3. The zero-order valence-corrected chi connectivity index (χ0v) is 16.2. The number of nitrogens with zero attached hydrogens (tertiary/aromatic N) is 6. The Bertz CT molecular complexity index is 890. The van der Waals surface area contributed by atoms with Gasteiger partial charge in [-0.2, -0.15) is 18.3 Å². The predicted molar refractivity (Wildman–Crippen MR) is 101 cm³/mol. The van der Waals surface area contributed by atoms with Crippen molar-refractivity contribution >= 4 is 11.8 Å². The van der Waals surface area contributed by atoms with E-state index < -0.39 is 12.1 Å². The van der Waals surface area contributed by atoms with Gasteiger partial charge in [0.2, 0.25) is 0 Å². The van der Waals surface area contributed by atoms with Gasteiger partial charge in [-0.05, 0) is 18.1 Å². The van der Waals surface area contributed by atoms with Gasteiger partial charge >= 0.3 is 12.2 Å². The maximum absolute atomic E-state index is 12.7. The van der Waals surface area contributed by atoms with E-state index in [1.807, 2.05) is 15.9 Å². The normalized spacial score (nSPS) is 22.9. The van der Waals surface area contributed by atoms with Crippen molar-refractivity contribution in [2.24, 2.45) is 5.92 Å². The summed E-state index contributed by atoms with van der Waals surface area (Å²) in [6.45, 7) is 2.53. The second-order valence-corrected chi connectivity index (χ2v) is 8.28. The number of H-pyrrole nitrogens is 1. The number of alkyl halides is 3. The molecule has 1 N–H and O–H groups in total. The van der Waals surface area contributed by atoms with Crippen LogP contribution in [0.4, 0.5) is 23.8 Å². The van der Waals surface area contributed by atoms with Gasteiger partial charge in [0.25, 0.3) is 0 Å². The fourth-order valence-electron chi connectivity index (χ4n) is 4.31. The first kappa shape index (κ1) is 19.1. The lowest BCUT2D eigenvalue weighted by Gasteiger charge is -2.42. The highest BCUT2D eigenvalue weighted by molar-refractivity contribution is 5.76. The van der Waals surface area contributed by atoms with Crippen LogP contribution in [0.5, 0.6) is 0 Å². The molecule has 1 atom stereocenters. The molecule has 2 aromatic heterocycles. The fraction of sp³-hybridized carbons (Fsp3) is 0.579. The van der Waals surface area contributed by atoms with Crippen LogP contribution >= 0.6 is 0 Å². The van der Waals surface area contributed by atoms with Crippen molar-refractivity contribution < 1.29 is 18.0 Å². The summed E-state index contributed by atoms with van der Waals surface area (Å²) < 4.78 is 37.9. The second-order valence-electron chi connectivity index (χ2n) is 8.28. The number of carbonyl (C=O) groups is 1. The Balaban J connectivity index is 1.11. The van der Waals surface area contributed by atoms with Gasteiger partial charge in [0.15, 0.2) is 0 Å². The molecule has 0 saturated carbocycles. The second kappa shape index (κ2) is 7.13. The van der Waals surface area contributed by atoms with Crippen molar-refractivity contribution in [2.75, 3.05) is 44.2 Å². The molecule has 11 heteroatoms. The number of likely N-dealkylation sites (tertiary alicyclic amines) is 2. The van der Waals surface area contributed by atoms with Gasteiger partial charge in [-0.25, -0.2) is 14.8 Å². The first-order valence-electron chi connectivity index (χ1n) is 10.0. The summed E-state index contributed by atoms with van der Waals surface area (Å²) in [6.07, 6.45) is -0.0633. The summed E-state index contributed by atoms with van der Waals surface area (Å²) >= 11 is 0. The monoisotopic (exact) mass is 421 g/mol. The van der Waals surface area contributed by atoms with Crippen LogP contribution in [0.25, 0.3) is 0 Å². The van der Waals surface area contributed by atoms with Crippen molar-refractivity contribution in [3.05, 3.63) is 36.0 Å². The maximum atomic E-state index is 12.7. The van der Waals surface area contributed by atoms with E-state index in [4.69, 9.17) is 0 Å². The Morgan fingerprint density at radius 1 is 1.03 bits per heavy atom. The lowest BCUT2D eigenvalue weighted by atomic mass is 9.93. The van der Waals surface area contributed by atoms with Crippen LogP contribution in [0.1, 0.15) is 29.6 Å². The third-order valence-corrected chi connectivity index (χ3v) is 6.34. The molecular formula is C19H22F3N7O. The highest BCUT2D eigenvalue weighted by Crippen LogP contribution is 2.36. The molecule has 2 aromatic rings. The van der Waals surface area contributed by atoms with E-state index in [0.717, 1.165) is 17.8 Å². The summed E-state index contributed by atoms with van der Waals surface area (Å²) in [4.78, 5) is 26.5. The van der Waals surface area contributed by atoms with Crippen LogP contribution in [0.3, 0.4) is 0 Å². The summed E-state index contributed by atoms with van der Waals surface area (Å²) in [5.74, 6) is 0.536. The molecule has 30 heavy (non-hydrogen) atoms. The van der Waals surface area contributed by atoms with Crippen LogP contribution < -0.4 is 4.90 Å². The van der Waals surface area contributed by atoms with E-state index >= 15 is 0 Å². The molecule has 0 aromatic carbocycles. The molecule has 3 fully saturated rings. The van der Waals surface area contributed by atoms with Gasteiger partial charge < -0.3 is 14.7 Å². The van der Waals surface area contributed by atoms with E-state index in [9.17, 15) is 18.0 Å². The number of aromatic amines is 1. The van der Waals surface area contributed by atoms with Crippen LogP contribution in [0.2, 0.25) is 0 Å². The van der Waals surface area contributed by atoms with Gasteiger partial charge in [-0.15, -0.1) is 0 Å². The smallest absolute Gasteiger partial charge is 0.355 e. The quantitative estimate of drug-likeness (QED) is 0.822. The number of pyridine rings is 1. The summed E-state index contributed by atoms with van der Waals surface area (Å²) in [6, 6.07) is 3.72. The molecule has 0 aliphatic carbocycles. The summed E-state index contributed by atoms with van der Waals surface area (Å²) in [7, 11) is 0. The zero-order chi connectivity index (χ0) is 20.9. The van der Waals surface area contributed by atoms with Gasteiger partial charge in [-0.1, -0.05) is 6.07 Å². The number of halogens is 3. The zero-order valence-electron chi connectivity index (χ0n) is 16.2. The van der Waals surface area contributed by atoms with Gasteiger partial charge in [0, 0.05) is 57.3 Å². The number of urea groups is 1. The van der Waals surface area contributed by atoms with Crippen LogP contribution in [-0.4, -0.2) is 81.4 Å². The molecule has 3 aliphatic rings. The molecule has 0 bridgehead atoms. The van der Waals surface area contributed by atoms with E-state index in [1.165, 1.54) is 6.33 Å². The Labute approximate surface area is 171 Å². The molecule has 3 aliphatic heterocycles. The number of amides is 2. The first-order valence-corrected chi connectivity index (χ1v) is 10.0. The van der Waals surface area contributed by atoms with E-state index in [2.05, 4.69) is 20.2 Å². The van der Waals surface area contributed by atoms with Crippen molar-refractivity contribution in [1.29, 1.82) is 0 Å². The largest absolute Gasteiger partial charge is 0.395 e. The molecule has 5 rings (SSSR count). The molecule has 3 saturated heterocycles. The molecule has 0 spiro atoms. The van der Waals surface area contributed by atoms with E-state index in [0.29, 0.717) is 32.0 Å². The molecule has 0 unspecified atom stereocenters. The lowest BCUT2D eigenvalue weighted by Crippen LogP contribution is -2.54. The molecule has 5 heterocycles. The standard InChI is InChI=1S/C19H22F3N7O/c20-19(21,22)15-9-28(10-15)16-2-1-12(5-23-16)14-7-29(8-14)18(30)27-4-3-13(6-27)17-24-11-25-26-17/h1-2,5,11,13-15H,3-4,6-10H2,(H,24,25,26)/t13-/m0/s1. The lowest BCUT2D eigenvalue weighted by molar-refractivity contribution is -0.180. The Kier molecular flexibility index (Phi) is 4.55. The molecule has 2 amide bonds. The fourth-order valence-corrected chi connectivity index (χ4v) is 4.31. The molecule has 160 valence electrons. The first-order chi connectivity index (χ1) is 14.4. The van der Waals surface area contributed by atoms with Crippen LogP contribution in [0, 0.1) is 5.92 Å². The third kappa shape index (κ3) is 3.46. The minimum absolute atomic E-state index is 0.0353. The average Bonchev–Trinajstić information content (AvgIpc) is 3.31. The average molecular weight is 421 g/mol. The number of hydrogen-bond donors (Lipinski definition) is 1.